The van der Waals surface area contributed by atoms with Gasteiger partial charge in [-0.1, -0.05) is 67.6 Å². The van der Waals surface area contributed by atoms with Crippen molar-refractivity contribution in [2.45, 2.75) is 39.4 Å². The van der Waals surface area contributed by atoms with E-state index < -0.39 is 0 Å². The summed E-state index contributed by atoms with van der Waals surface area (Å²) in [6, 6.07) is 22.7. The van der Waals surface area contributed by atoms with E-state index in [4.69, 9.17) is 0 Å². The summed E-state index contributed by atoms with van der Waals surface area (Å²) in [5.41, 5.74) is 2.37. The fourth-order valence-corrected chi connectivity index (χ4v) is 3.03. The van der Waals surface area contributed by atoms with Gasteiger partial charge in [-0.05, 0) is 25.0 Å². The van der Waals surface area contributed by atoms with Crippen LogP contribution in [0.4, 0.5) is 0 Å². The smallest absolute Gasteiger partial charge is 0.267 e. The monoisotopic (exact) mass is 375 g/mol. The number of benzene rings is 2. The van der Waals surface area contributed by atoms with Crippen LogP contribution in [-0.2, 0) is 17.9 Å². The lowest BCUT2D eigenvalue weighted by Gasteiger charge is -2.29. The molecule has 0 aliphatic carbocycles. The van der Waals surface area contributed by atoms with Crippen molar-refractivity contribution in [2.24, 2.45) is 0 Å². The van der Waals surface area contributed by atoms with Gasteiger partial charge in [0.25, 0.3) is 5.56 Å². The van der Waals surface area contributed by atoms with Gasteiger partial charge in [0.05, 0.1) is 5.69 Å². The summed E-state index contributed by atoms with van der Waals surface area (Å²) in [7, 11) is 0. The topological polar surface area (TPSA) is 55.2 Å². The highest BCUT2D eigenvalue weighted by Crippen LogP contribution is 2.15. The molecule has 1 aromatic heterocycles. The molecule has 0 N–H and O–H groups in total. The summed E-state index contributed by atoms with van der Waals surface area (Å²) in [5, 5.41) is 4.41. The molecule has 0 saturated carbocycles. The first kappa shape index (κ1) is 19.5. The van der Waals surface area contributed by atoms with E-state index in [1.54, 1.807) is 6.07 Å². The SMILES string of the molecule is CCC(C)N(Cc1ccccc1)C(=O)Cn1nc(-c2ccccc2)ccc1=O. The molecule has 28 heavy (non-hydrogen) atoms. The minimum Gasteiger partial charge on any atom is -0.334 e. The number of nitrogens with zero attached hydrogens (tertiary/aromatic N) is 3. The molecule has 2 aromatic carbocycles. The number of aromatic nitrogens is 2. The van der Waals surface area contributed by atoms with Gasteiger partial charge in [-0.3, -0.25) is 9.59 Å². The molecule has 1 amide bonds. The maximum Gasteiger partial charge on any atom is 0.267 e. The summed E-state index contributed by atoms with van der Waals surface area (Å²) >= 11 is 0. The van der Waals surface area contributed by atoms with Gasteiger partial charge in [0.15, 0.2) is 0 Å². The second kappa shape index (κ2) is 9.13. The Balaban J connectivity index is 1.84. The van der Waals surface area contributed by atoms with Gasteiger partial charge in [0.1, 0.15) is 6.54 Å². The normalized spacial score (nSPS) is 11.8. The zero-order chi connectivity index (χ0) is 19.9. The van der Waals surface area contributed by atoms with Gasteiger partial charge >= 0.3 is 0 Å². The first-order valence-corrected chi connectivity index (χ1v) is 9.55. The molecule has 5 heteroatoms. The van der Waals surface area contributed by atoms with Crippen molar-refractivity contribution >= 4 is 5.91 Å². The first-order valence-electron chi connectivity index (χ1n) is 9.55. The number of rotatable bonds is 7. The van der Waals surface area contributed by atoms with Crippen molar-refractivity contribution in [3.63, 3.8) is 0 Å². The number of carbonyl (C=O) groups is 1. The Bertz CT molecular complexity index is 968. The third-order valence-electron chi connectivity index (χ3n) is 4.86. The van der Waals surface area contributed by atoms with Crippen LogP contribution in [-0.4, -0.2) is 26.6 Å². The Labute approximate surface area is 165 Å². The standard InChI is InChI=1S/C23H25N3O2/c1-3-18(2)25(16-19-10-6-4-7-11-19)23(28)17-26-22(27)15-14-21(24-26)20-12-8-5-9-13-20/h4-15,18H,3,16-17H2,1-2H3. The molecule has 0 spiro atoms. The Hall–Kier alpha value is -3.21. The van der Waals surface area contributed by atoms with Crippen LogP contribution in [0.3, 0.4) is 0 Å². The van der Waals surface area contributed by atoms with Crippen LogP contribution in [0, 0.1) is 0 Å². The van der Waals surface area contributed by atoms with Gasteiger partial charge < -0.3 is 4.90 Å². The van der Waals surface area contributed by atoms with Crippen LogP contribution in [0.25, 0.3) is 11.3 Å². The average molecular weight is 375 g/mol. The van der Waals surface area contributed by atoms with E-state index in [9.17, 15) is 9.59 Å². The van der Waals surface area contributed by atoms with E-state index in [1.807, 2.05) is 72.5 Å². The quantitative estimate of drug-likeness (QED) is 0.632. The van der Waals surface area contributed by atoms with Crippen LogP contribution >= 0.6 is 0 Å². The van der Waals surface area contributed by atoms with Crippen molar-refractivity contribution in [1.29, 1.82) is 0 Å². The summed E-state index contributed by atoms with van der Waals surface area (Å²) in [5.74, 6) is -0.113. The molecular formula is C23H25N3O2. The summed E-state index contributed by atoms with van der Waals surface area (Å²) in [6.07, 6.45) is 0.838. The van der Waals surface area contributed by atoms with Crippen LogP contribution in [0.2, 0.25) is 0 Å². The number of carbonyl (C=O) groups excluding carboxylic acids is 1. The summed E-state index contributed by atoms with van der Waals surface area (Å²) in [4.78, 5) is 27.1. The zero-order valence-corrected chi connectivity index (χ0v) is 16.3. The van der Waals surface area contributed by atoms with E-state index in [0.717, 1.165) is 17.5 Å². The van der Waals surface area contributed by atoms with E-state index in [2.05, 4.69) is 12.0 Å². The molecule has 144 valence electrons. The zero-order valence-electron chi connectivity index (χ0n) is 16.3. The van der Waals surface area contributed by atoms with Crippen molar-refractivity contribution in [3.05, 3.63) is 88.7 Å². The Kier molecular flexibility index (Phi) is 6.37. The number of hydrogen-bond donors (Lipinski definition) is 0. The predicted octanol–water partition coefficient (Wildman–Crippen LogP) is 3.74. The maximum atomic E-state index is 13.0. The maximum absolute atomic E-state index is 13.0. The molecule has 0 bridgehead atoms. The van der Waals surface area contributed by atoms with E-state index >= 15 is 0 Å². The van der Waals surface area contributed by atoms with E-state index in [-0.39, 0.29) is 24.1 Å². The lowest BCUT2D eigenvalue weighted by Crippen LogP contribution is -2.41. The van der Waals surface area contributed by atoms with Crippen molar-refractivity contribution in [3.8, 4) is 11.3 Å². The molecule has 0 aliphatic heterocycles. The predicted molar refractivity (Wildman–Crippen MR) is 111 cm³/mol. The molecule has 1 atom stereocenters. The number of amides is 1. The highest BCUT2D eigenvalue weighted by molar-refractivity contribution is 5.76. The molecule has 3 rings (SSSR count). The molecule has 5 nitrogen and oxygen atoms in total. The van der Waals surface area contributed by atoms with E-state index in [1.165, 1.54) is 10.7 Å². The fraction of sp³-hybridized carbons (Fsp3) is 0.261. The third kappa shape index (κ3) is 4.74. The lowest BCUT2D eigenvalue weighted by atomic mass is 10.1. The molecule has 0 aliphatic rings. The second-order valence-corrected chi connectivity index (χ2v) is 6.84. The van der Waals surface area contributed by atoms with Gasteiger partial charge in [0, 0.05) is 24.2 Å². The molecular weight excluding hydrogens is 350 g/mol. The summed E-state index contributed by atoms with van der Waals surface area (Å²) in [6.45, 7) is 4.52. The highest BCUT2D eigenvalue weighted by Gasteiger charge is 2.20. The van der Waals surface area contributed by atoms with Crippen molar-refractivity contribution < 1.29 is 4.79 Å². The third-order valence-corrected chi connectivity index (χ3v) is 4.86. The first-order chi connectivity index (χ1) is 13.6. The van der Waals surface area contributed by atoms with Gasteiger partial charge in [-0.15, -0.1) is 0 Å². The Morgan fingerprint density at radius 3 is 2.29 bits per heavy atom. The lowest BCUT2D eigenvalue weighted by molar-refractivity contribution is -0.134. The highest BCUT2D eigenvalue weighted by atomic mass is 16.2. The van der Waals surface area contributed by atoms with Gasteiger partial charge in [-0.25, -0.2) is 4.68 Å². The largest absolute Gasteiger partial charge is 0.334 e. The molecule has 1 unspecified atom stereocenters. The molecule has 0 fully saturated rings. The van der Waals surface area contributed by atoms with Gasteiger partial charge in [0.2, 0.25) is 5.91 Å². The molecule has 0 saturated heterocycles. The van der Waals surface area contributed by atoms with Crippen molar-refractivity contribution in [2.75, 3.05) is 0 Å². The van der Waals surface area contributed by atoms with Crippen LogP contribution in [0.5, 0.6) is 0 Å². The van der Waals surface area contributed by atoms with Crippen LogP contribution < -0.4 is 5.56 Å². The van der Waals surface area contributed by atoms with Gasteiger partial charge in [-0.2, -0.15) is 5.10 Å². The minimum absolute atomic E-state index is 0.0701. The van der Waals surface area contributed by atoms with E-state index in [0.29, 0.717) is 12.2 Å². The molecule has 1 heterocycles. The Morgan fingerprint density at radius 1 is 1.00 bits per heavy atom. The average Bonchev–Trinajstić information content (AvgIpc) is 2.74. The number of hydrogen-bond acceptors (Lipinski definition) is 3. The van der Waals surface area contributed by atoms with Crippen LogP contribution in [0.15, 0.2) is 77.6 Å². The molecule has 3 aromatic rings. The second-order valence-electron chi connectivity index (χ2n) is 6.84. The fourth-order valence-electron chi connectivity index (χ4n) is 3.03. The van der Waals surface area contributed by atoms with Crippen LogP contribution in [0.1, 0.15) is 25.8 Å². The molecule has 0 radical (unpaired) electrons. The minimum atomic E-state index is -0.281. The summed E-state index contributed by atoms with van der Waals surface area (Å²) < 4.78 is 1.25. The van der Waals surface area contributed by atoms with Crippen molar-refractivity contribution in [1.82, 2.24) is 14.7 Å². The Morgan fingerprint density at radius 2 is 1.64 bits per heavy atom.